The van der Waals surface area contributed by atoms with Crippen molar-refractivity contribution in [3.05, 3.63) is 35.7 Å². The summed E-state index contributed by atoms with van der Waals surface area (Å²) in [4.78, 5) is 17.3. The summed E-state index contributed by atoms with van der Waals surface area (Å²) in [5.74, 6) is 0.322. The van der Waals surface area contributed by atoms with E-state index in [0.717, 1.165) is 32.5 Å². The molecule has 1 unspecified atom stereocenters. The van der Waals surface area contributed by atoms with Crippen molar-refractivity contribution in [1.29, 1.82) is 0 Å². The lowest BCUT2D eigenvalue weighted by Crippen LogP contribution is -2.44. The molecular weight excluding hydrogens is 354 g/mol. The van der Waals surface area contributed by atoms with Gasteiger partial charge in [0.2, 0.25) is 5.91 Å². The third-order valence-corrected chi connectivity index (χ3v) is 7.20. The predicted octanol–water partition coefficient (Wildman–Crippen LogP) is 3.74. The molecule has 1 atom stereocenters. The van der Waals surface area contributed by atoms with Crippen LogP contribution in [0.1, 0.15) is 46.0 Å². The van der Waals surface area contributed by atoms with Crippen molar-refractivity contribution in [1.82, 2.24) is 15.1 Å². The van der Waals surface area contributed by atoms with Gasteiger partial charge in [-0.2, -0.15) is 0 Å². The lowest BCUT2D eigenvalue weighted by atomic mass is 9.95. The third-order valence-electron chi connectivity index (χ3n) is 5.57. The fraction of sp³-hybridized carbons (Fsp3) is 0.591. The van der Waals surface area contributed by atoms with Crippen LogP contribution < -0.4 is 5.32 Å². The van der Waals surface area contributed by atoms with Crippen LogP contribution in [-0.2, 0) is 4.79 Å². The average molecular weight is 388 g/mol. The first-order chi connectivity index (χ1) is 13.0. The van der Waals surface area contributed by atoms with Gasteiger partial charge < -0.3 is 15.1 Å². The summed E-state index contributed by atoms with van der Waals surface area (Å²) in [5.41, 5.74) is 2.55. The zero-order valence-electron chi connectivity index (χ0n) is 16.9. The highest BCUT2D eigenvalue weighted by Gasteiger charge is 2.45. The number of carbonyl (C=O) groups excluding carboxylic acids is 1. The lowest BCUT2D eigenvalue weighted by molar-refractivity contribution is -0.131. The van der Waals surface area contributed by atoms with Crippen LogP contribution >= 0.6 is 11.8 Å². The van der Waals surface area contributed by atoms with E-state index in [4.69, 9.17) is 0 Å². The monoisotopic (exact) mass is 387 g/mol. The standard InChI is InChI=1S/C20H31N3OS.C2H2/c1-4-5-6-18-13-17(14-21-18)7-8-19(24)23-15-20(25-16(23)2)9-11-22(3)12-10-20;1-2/h4-6,14,16,21H,7-13,15H2,1-3H3;1-2H/b5-4-,18-6+;. The Labute approximate surface area is 169 Å². The number of thioether (sulfide) groups is 1. The van der Waals surface area contributed by atoms with Crippen molar-refractivity contribution in [2.24, 2.45) is 0 Å². The van der Waals surface area contributed by atoms with E-state index in [-0.39, 0.29) is 0 Å². The van der Waals surface area contributed by atoms with Crippen LogP contribution in [0.5, 0.6) is 0 Å². The van der Waals surface area contributed by atoms with E-state index in [2.05, 4.69) is 60.3 Å². The molecule has 4 nitrogen and oxygen atoms in total. The number of amides is 1. The van der Waals surface area contributed by atoms with Crippen molar-refractivity contribution in [2.75, 3.05) is 26.7 Å². The molecule has 148 valence electrons. The molecular formula is C22H33N3OS. The second-order valence-corrected chi connectivity index (χ2v) is 9.35. The summed E-state index contributed by atoms with van der Waals surface area (Å²) in [6, 6.07) is 0. The molecule has 0 radical (unpaired) electrons. The summed E-state index contributed by atoms with van der Waals surface area (Å²) in [5, 5.41) is 3.62. The summed E-state index contributed by atoms with van der Waals surface area (Å²) in [7, 11) is 2.20. The van der Waals surface area contributed by atoms with E-state index in [1.807, 2.05) is 24.8 Å². The van der Waals surface area contributed by atoms with Gasteiger partial charge in [-0.15, -0.1) is 24.6 Å². The first-order valence-corrected chi connectivity index (χ1v) is 10.6. The number of carbonyl (C=O) groups is 1. The van der Waals surface area contributed by atoms with Crippen molar-refractivity contribution < 1.29 is 4.79 Å². The predicted molar refractivity (Wildman–Crippen MR) is 116 cm³/mol. The molecule has 27 heavy (non-hydrogen) atoms. The number of terminal acetylenes is 1. The highest BCUT2D eigenvalue weighted by atomic mass is 32.2. The molecule has 0 aliphatic carbocycles. The van der Waals surface area contributed by atoms with Crippen LogP contribution in [0.15, 0.2) is 35.7 Å². The van der Waals surface area contributed by atoms with Crippen LogP contribution in [0, 0.1) is 12.8 Å². The smallest absolute Gasteiger partial charge is 0.223 e. The molecule has 1 N–H and O–H groups in total. The Morgan fingerprint density at radius 1 is 1.41 bits per heavy atom. The van der Waals surface area contributed by atoms with E-state index in [0.29, 0.717) is 22.4 Å². The minimum Gasteiger partial charge on any atom is -0.365 e. The molecule has 3 heterocycles. The van der Waals surface area contributed by atoms with Crippen molar-refractivity contribution in [3.63, 3.8) is 0 Å². The van der Waals surface area contributed by atoms with Gasteiger partial charge in [0.25, 0.3) is 0 Å². The Balaban J connectivity index is 0.00000126. The second kappa shape index (κ2) is 10.1. The van der Waals surface area contributed by atoms with E-state index < -0.39 is 0 Å². The van der Waals surface area contributed by atoms with Crippen molar-refractivity contribution in [2.45, 2.75) is 56.1 Å². The minimum absolute atomic E-state index is 0.304. The number of nitrogens with one attached hydrogen (secondary N) is 1. The fourth-order valence-corrected chi connectivity index (χ4v) is 5.60. The minimum atomic E-state index is 0.304. The van der Waals surface area contributed by atoms with Crippen LogP contribution in [-0.4, -0.2) is 52.5 Å². The first-order valence-electron chi connectivity index (χ1n) is 9.77. The average Bonchev–Trinajstić information content (AvgIpc) is 3.27. The highest BCUT2D eigenvalue weighted by Crippen LogP contribution is 2.46. The molecule has 5 heteroatoms. The molecule has 1 spiro atoms. The zero-order valence-corrected chi connectivity index (χ0v) is 17.7. The Kier molecular flexibility index (Phi) is 8.07. The first kappa shape index (κ1) is 21.7. The molecule has 0 saturated carbocycles. The van der Waals surface area contributed by atoms with Gasteiger partial charge in [0.15, 0.2) is 0 Å². The quantitative estimate of drug-likeness (QED) is 0.746. The van der Waals surface area contributed by atoms with Crippen LogP contribution in [0.4, 0.5) is 0 Å². The van der Waals surface area contributed by atoms with Gasteiger partial charge in [0.1, 0.15) is 0 Å². The van der Waals surface area contributed by atoms with Crippen LogP contribution in [0.25, 0.3) is 0 Å². The topological polar surface area (TPSA) is 35.6 Å². The summed E-state index contributed by atoms with van der Waals surface area (Å²) in [6.07, 6.45) is 21.1. The second-order valence-electron chi connectivity index (χ2n) is 7.57. The lowest BCUT2D eigenvalue weighted by Gasteiger charge is -2.36. The highest BCUT2D eigenvalue weighted by molar-refractivity contribution is 8.01. The molecule has 2 saturated heterocycles. The molecule has 3 aliphatic heterocycles. The maximum absolute atomic E-state index is 12.8. The number of hydrogen-bond donors (Lipinski definition) is 1. The van der Waals surface area contributed by atoms with Crippen molar-refractivity contribution in [3.8, 4) is 12.8 Å². The molecule has 2 fully saturated rings. The third kappa shape index (κ3) is 5.67. The normalized spacial score (nSPS) is 26.1. The number of piperidine rings is 1. The SMILES string of the molecule is C#C.C/C=C\C=C1/CC(CCC(=O)N2CC3(CCN(C)CC3)SC2C)=CN1. The Morgan fingerprint density at radius 2 is 2.11 bits per heavy atom. The number of allylic oxidation sites excluding steroid dienone is 4. The van der Waals surface area contributed by atoms with Gasteiger partial charge in [-0.25, -0.2) is 0 Å². The van der Waals surface area contributed by atoms with Gasteiger partial charge in [-0.1, -0.05) is 12.2 Å². The molecule has 0 aromatic heterocycles. The number of rotatable bonds is 4. The van der Waals surface area contributed by atoms with Crippen LogP contribution in [0.3, 0.4) is 0 Å². The molecule has 3 rings (SSSR count). The Bertz CT molecular complexity index is 627. The summed E-state index contributed by atoms with van der Waals surface area (Å²) in [6.45, 7) is 7.47. The van der Waals surface area contributed by atoms with Gasteiger partial charge in [0.05, 0.1) is 5.37 Å². The van der Waals surface area contributed by atoms with E-state index in [9.17, 15) is 4.79 Å². The van der Waals surface area contributed by atoms with Gasteiger partial charge >= 0.3 is 0 Å². The van der Waals surface area contributed by atoms with E-state index in [1.165, 1.54) is 24.1 Å². The molecule has 0 bridgehead atoms. The van der Waals surface area contributed by atoms with Crippen LogP contribution in [0.2, 0.25) is 0 Å². The molecule has 0 aromatic rings. The number of nitrogens with zero attached hydrogens (tertiary/aromatic N) is 2. The van der Waals surface area contributed by atoms with Gasteiger partial charge in [0, 0.05) is 36.0 Å². The molecule has 0 aromatic carbocycles. The zero-order chi connectivity index (χ0) is 19.9. The number of likely N-dealkylation sites (tertiary alicyclic amines) is 1. The maximum atomic E-state index is 12.8. The van der Waals surface area contributed by atoms with Gasteiger partial charge in [-0.05, 0) is 64.9 Å². The Hall–Kier alpha value is -1.64. The Morgan fingerprint density at radius 3 is 2.78 bits per heavy atom. The largest absolute Gasteiger partial charge is 0.365 e. The maximum Gasteiger partial charge on any atom is 0.223 e. The van der Waals surface area contributed by atoms with E-state index in [1.54, 1.807) is 0 Å². The molecule has 1 amide bonds. The summed E-state index contributed by atoms with van der Waals surface area (Å²) >= 11 is 2.03. The van der Waals surface area contributed by atoms with Crippen molar-refractivity contribution >= 4 is 17.7 Å². The number of hydrogen-bond acceptors (Lipinski definition) is 4. The van der Waals surface area contributed by atoms with E-state index >= 15 is 0 Å². The van der Waals surface area contributed by atoms with Gasteiger partial charge in [-0.3, -0.25) is 4.79 Å². The fourth-order valence-electron chi connectivity index (χ4n) is 3.93. The summed E-state index contributed by atoms with van der Waals surface area (Å²) < 4.78 is 0.304. The molecule has 3 aliphatic rings.